The van der Waals surface area contributed by atoms with Gasteiger partial charge in [0.25, 0.3) is 0 Å². The minimum atomic E-state index is -0.154. The van der Waals surface area contributed by atoms with E-state index < -0.39 is 0 Å². The summed E-state index contributed by atoms with van der Waals surface area (Å²) in [5, 5.41) is 2.93. The van der Waals surface area contributed by atoms with E-state index in [-0.39, 0.29) is 18.5 Å². The molecule has 0 saturated heterocycles. The van der Waals surface area contributed by atoms with Crippen LogP contribution in [-0.4, -0.2) is 24.4 Å². The second-order valence-electron chi connectivity index (χ2n) is 6.25. The predicted octanol–water partition coefficient (Wildman–Crippen LogP) is 4.61. The second-order valence-corrected chi connectivity index (χ2v) is 7.17. The number of carbonyl (C=O) groups is 1. The first-order valence-corrected chi connectivity index (χ1v) is 9.16. The highest BCUT2D eigenvalue weighted by Gasteiger charge is 2.14. The van der Waals surface area contributed by atoms with E-state index in [0.717, 1.165) is 27.3 Å². The molecular weight excluding hydrogens is 396 g/mol. The van der Waals surface area contributed by atoms with Crippen molar-refractivity contribution in [2.24, 2.45) is 0 Å². The second kappa shape index (κ2) is 8.38. The Morgan fingerprint density at radius 1 is 1.19 bits per heavy atom. The van der Waals surface area contributed by atoms with Crippen LogP contribution in [0, 0.1) is 0 Å². The molecule has 1 aromatic carbocycles. The number of hydrogen-bond donors (Lipinski definition) is 1. The molecule has 26 heavy (non-hydrogen) atoms. The Hall–Kier alpha value is -2.31. The summed E-state index contributed by atoms with van der Waals surface area (Å²) < 4.78 is 12.2. The van der Waals surface area contributed by atoms with Gasteiger partial charge in [0.15, 0.2) is 0 Å². The molecule has 1 atom stereocenters. The lowest BCUT2D eigenvalue weighted by molar-refractivity contribution is -0.122. The van der Waals surface area contributed by atoms with Crippen LogP contribution in [0.3, 0.4) is 0 Å². The number of nitrogens with zero attached hydrogens (tertiary/aromatic N) is 1. The van der Waals surface area contributed by atoms with Gasteiger partial charge in [-0.1, -0.05) is 28.1 Å². The van der Waals surface area contributed by atoms with Crippen LogP contribution < -0.4 is 5.32 Å². The molecule has 0 fully saturated rings. The summed E-state index contributed by atoms with van der Waals surface area (Å²) in [5.74, 6) is 2.32. The van der Waals surface area contributed by atoms with Crippen LogP contribution >= 0.6 is 15.9 Å². The summed E-state index contributed by atoms with van der Waals surface area (Å²) in [4.78, 5) is 14.1. The van der Waals surface area contributed by atoms with Crippen molar-refractivity contribution in [3.63, 3.8) is 0 Å². The van der Waals surface area contributed by atoms with Crippen LogP contribution in [0.5, 0.6) is 0 Å². The third kappa shape index (κ3) is 4.86. The Morgan fingerprint density at radius 2 is 1.96 bits per heavy atom. The largest absolute Gasteiger partial charge is 0.467 e. The summed E-state index contributed by atoms with van der Waals surface area (Å²) in [6.07, 6.45) is 1.60. The minimum absolute atomic E-state index is 0.0592. The molecule has 0 aliphatic heterocycles. The maximum absolute atomic E-state index is 12.2. The SMILES string of the molecule is C[C@H](NC(=O)CN(C)Cc1ccc(-c2ccc(Br)cc2)o1)c1ccco1. The molecule has 0 aliphatic carbocycles. The number of benzene rings is 1. The minimum Gasteiger partial charge on any atom is -0.467 e. The molecule has 136 valence electrons. The molecule has 1 amide bonds. The summed E-state index contributed by atoms with van der Waals surface area (Å²) in [6, 6.07) is 15.4. The van der Waals surface area contributed by atoms with E-state index in [9.17, 15) is 4.79 Å². The van der Waals surface area contributed by atoms with Crippen LogP contribution in [0.15, 0.2) is 68.1 Å². The molecule has 0 aliphatic rings. The molecule has 3 aromatic rings. The van der Waals surface area contributed by atoms with Gasteiger partial charge in [0, 0.05) is 10.0 Å². The third-order valence-electron chi connectivity index (χ3n) is 3.98. The first kappa shape index (κ1) is 18.5. The fourth-order valence-electron chi connectivity index (χ4n) is 2.70. The Labute approximate surface area is 161 Å². The van der Waals surface area contributed by atoms with Gasteiger partial charge < -0.3 is 14.2 Å². The van der Waals surface area contributed by atoms with Gasteiger partial charge in [-0.3, -0.25) is 9.69 Å². The monoisotopic (exact) mass is 416 g/mol. The smallest absolute Gasteiger partial charge is 0.234 e. The normalized spacial score (nSPS) is 12.3. The number of likely N-dealkylation sites (N-methyl/N-ethyl adjacent to an activating group) is 1. The maximum atomic E-state index is 12.2. The number of furan rings is 2. The van der Waals surface area contributed by atoms with Crippen molar-refractivity contribution in [2.75, 3.05) is 13.6 Å². The maximum Gasteiger partial charge on any atom is 0.234 e. The molecule has 1 N–H and O–H groups in total. The van der Waals surface area contributed by atoms with Gasteiger partial charge in [0.1, 0.15) is 17.3 Å². The van der Waals surface area contributed by atoms with Crippen LogP contribution in [0.2, 0.25) is 0 Å². The Bertz CT molecular complexity index is 840. The van der Waals surface area contributed by atoms with E-state index in [4.69, 9.17) is 8.83 Å². The first-order valence-electron chi connectivity index (χ1n) is 8.37. The molecule has 2 aromatic heterocycles. The van der Waals surface area contributed by atoms with Gasteiger partial charge in [-0.15, -0.1) is 0 Å². The quantitative estimate of drug-likeness (QED) is 0.610. The van der Waals surface area contributed by atoms with Crippen LogP contribution in [0.4, 0.5) is 0 Å². The average molecular weight is 417 g/mol. The van der Waals surface area contributed by atoms with Crippen LogP contribution in [-0.2, 0) is 11.3 Å². The predicted molar refractivity (Wildman–Crippen MR) is 103 cm³/mol. The number of carbonyl (C=O) groups excluding carboxylic acids is 1. The van der Waals surface area contributed by atoms with Gasteiger partial charge in [-0.25, -0.2) is 0 Å². The highest BCUT2D eigenvalue weighted by atomic mass is 79.9. The molecule has 6 heteroatoms. The third-order valence-corrected chi connectivity index (χ3v) is 4.51. The molecule has 0 unspecified atom stereocenters. The average Bonchev–Trinajstić information content (AvgIpc) is 3.27. The highest BCUT2D eigenvalue weighted by molar-refractivity contribution is 9.10. The molecule has 5 nitrogen and oxygen atoms in total. The lowest BCUT2D eigenvalue weighted by Gasteiger charge is -2.17. The van der Waals surface area contributed by atoms with Crippen molar-refractivity contribution >= 4 is 21.8 Å². The molecular formula is C20H21BrN2O3. The fraction of sp³-hybridized carbons (Fsp3) is 0.250. The molecule has 0 spiro atoms. The van der Waals surface area contributed by atoms with Crippen LogP contribution in [0.25, 0.3) is 11.3 Å². The summed E-state index contributed by atoms with van der Waals surface area (Å²) >= 11 is 3.43. The molecule has 0 radical (unpaired) electrons. The lowest BCUT2D eigenvalue weighted by atomic mass is 10.2. The van der Waals surface area contributed by atoms with Gasteiger partial charge in [-0.2, -0.15) is 0 Å². The zero-order valence-electron chi connectivity index (χ0n) is 14.7. The first-order chi connectivity index (χ1) is 12.5. The van der Waals surface area contributed by atoms with Gasteiger partial charge in [0.2, 0.25) is 5.91 Å². The summed E-state index contributed by atoms with van der Waals surface area (Å²) in [6.45, 7) is 2.73. The van der Waals surface area contributed by atoms with Crippen molar-refractivity contribution in [3.8, 4) is 11.3 Å². The highest BCUT2D eigenvalue weighted by Crippen LogP contribution is 2.24. The van der Waals surface area contributed by atoms with Crippen molar-refractivity contribution < 1.29 is 13.6 Å². The number of hydrogen-bond acceptors (Lipinski definition) is 4. The summed E-state index contributed by atoms with van der Waals surface area (Å²) in [5.41, 5.74) is 1.02. The van der Waals surface area contributed by atoms with Gasteiger partial charge >= 0.3 is 0 Å². The van der Waals surface area contributed by atoms with Gasteiger partial charge in [0.05, 0.1) is 25.4 Å². The zero-order valence-corrected chi connectivity index (χ0v) is 16.3. The van der Waals surface area contributed by atoms with Crippen LogP contribution in [0.1, 0.15) is 24.5 Å². The van der Waals surface area contributed by atoms with E-state index in [2.05, 4.69) is 21.2 Å². The summed E-state index contributed by atoms with van der Waals surface area (Å²) in [7, 11) is 1.89. The van der Waals surface area contributed by atoms with E-state index in [1.165, 1.54) is 0 Å². The van der Waals surface area contributed by atoms with E-state index >= 15 is 0 Å². The van der Waals surface area contributed by atoms with E-state index in [1.807, 2.05) is 67.4 Å². The standard InChI is InChI=1S/C20H21BrN2O3/c1-14(18-4-3-11-25-18)22-20(24)13-23(2)12-17-9-10-19(26-17)15-5-7-16(21)8-6-15/h3-11,14H,12-13H2,1-2H3,(H,22,24)/t14-/m0/s1. The fourth-order valence-corrected chi connectivity index (χ4v) is 2.96. The van der Waals surface area contributed by atoms with Crippen molar-refractivity contribution in [1.29, 1.82) is 0 Å². The number of rotatable bonds is 7. The zero-order chi connectivity index (χ0) is 18.5. The molecule has 3 rings (SSSR count). The Kier molecular flexibility index (Phi) is 5.96. The van der Waals surface area contributed by atoms with Gasteiger partial charge in [-0.05, 0) is 50.4 Å². The van der Waals surface area contributed by atoms with Crippen molar-refractivity contribution in [2.45, 2.75) is 19.5 Å². The topological polar surface area (TPSA) is 58.6 Å². The van der Waals surface area contributed by atoms with E-state index in [0.29, 0.717) is 6.54 Å². The van der Waals surface area contributed by atoms with Crippen molar-refractivity contribution in [3.05, 3.63) is 70.8 Å². The number of nitrogens with one attached hydrogen (secondary N) is 1. The number of halogens is 1. The molecule has 2 heterocycles. The van der Waals surface area contributed by atoms with E-state index in [1.54, 1.807) is 6.26 Å². The lowest BCUT2D eigenvalue weighted by Crippen LogP contribution is -2.36. The Morgan fingerprint density at radius 3 is 2.65 bits per heavy atom. The Balaban J connectivity index is 1.52. The number of amides is 1. The van der Waals surface area contributed by atoms with Crippen molar-refractivity contribution in [1.82, 2.24) is 10.2 Å². The molecule has 0 saturated carbocycles. The molecule has 0 bridgehead atoms.